The average Bonchev–Trinajstić information content (AvgIpc) is 2.39. The standard InChI is InChI=1S/C15H18N2/c1-12-6-2-3-7-13(12)10-14(11-16)15-8-4-5-9-17-15/h2-9,14H,10-11,16H2,1H3/t14-/m1/s1. The molecule has 0 aliphatic rings. The number of pyridine rings is 1. The number of nitrogens with zero attached hydrogens (tertiary/aromatic N) is 1. The van der Waals surface area contributed by atoms with E-state index in [0.29, 0.717) is 12.5 Å². The van der Waals surface area contributed by atoms with Crippen molar-refractivity contribution in [3.8, 4) is 0 Å². The molecule has 0 radical (unpaired) electrons. The van der Waals surface area contributed by atoms with Crippen molar-refractivity contribution in [1.29, 1.82) is 0 Å². The van der Waals surface area contributed by atoms with Crippen LogP contribution < -0.4 is 5.73 Å². The van der Waals surface area contributed by atoms with E-state index in [1.807, 2.05) is 18.3 Å². The third kappa shape index (κ3) is 2.92. The van der Waals surface area contributed by atoms with Crippen molar-refractivity contribution in [2.24, 2.45) is 5.73 Å². The van der Waals surface area contributed by atoms with Crippen LogP contribution in [0, 0.1) is 6.92 Å². The highest BCUT2D eigenvalue weighted by Crippen LogP contribution is 2.19. The first-order valence-electron chi connectivity index (χ1n) is 5.96. The molecule has 0 unspecified atom stereocenters. The van der Waals surface area contributed by atoms with Crippen molar-refractivity contribution in [2.45, 2.75) is 19.3 Å². The number of hydrogen-bond acceptors (Lipinski definition) is 2. The van der Waals surface area contributed by atoms with Crippen LogP contribution in [0.2, 0.25) is 0 Å². The molecule has 2 rings (SSSR count). The summed E-state index contributed by atoms with van der Waals surface area (Å²) in [5.41, 5.74) is 9.62. The number of hydrogen-bond donors (Lipinski definition) is 1. The SMILES string of the molecule is Cc1ccccc1C[C@H](CN)c1ccccn1. The Morgan fingerprint density at radius 3 is 2.53 bits per heavy atom. The van der Waals surface area contributed by atoms with Crippen LogP contribution in [0.5, 0.6) is 0 Å². The van der Waals surface area contributed by atoms with Crippen LogP contribution in [0.25, 0.3) is 0 Å². The fraction of sp³-hybridized carbons (Fsp3) is 0.267. The van der Waals surface area contributed by atoms with E-state index in [9.17, 15) is 0 Å². The molecule has 88 valence electrons. The lowest BCUT2D eigenvalue weighted by molar-refractivity contribution is 0.670. The summed E-state index contributed by atoms with van der Waals surface area (Å²) in [4.78, 5) is 4.40. The Balaban J connectivity index is 2.19. The van der Waals surface area contributed by atoms with Gasteiger partial charge in [-0.1, -0.05) is 30.3 Å². The molecule has 0 saturated heterocycles. The van der Waals surface area contributed by atoms with Gasteiger partial charge in [0.1, 0.15) is 0 Å². The summed E-state index contributed by atoms with van der Waals surface area (Å²) in [6, 6.07) is 14.5. The first-order valence-corrected chi connectivity index (χ1v) is 5.96. The van der Waals surface area contributed by atoms with Crippen molar-refractivity contribution in [2.75, 3.05) is 6.54 Å². The first kappa shape index (κ1) is 11.8. The predicted molar refractivity (Wildman–Crippen MR) is 70.9 cm³/mol. The summed E-state index contributed by atoms with van der Waals surface area (Å²) >= 11 is 0. The molecule has 2 nitrogen and oxygen atoms in total. The fourth-order valence-corrected chi connectivity index (χ4v) is 2.03. The van der Waals surface area contributed by atoms with E-state index in [1.54, 1.807) is 0 Å². The second-order valence-electron chi connectivity index (χ2n) is 4.32. The highest BCUT2D eigenvalue weighted by molar-refractivity contribution is 5.28. The van der Waals surface area contributed by atoms with Crippen molar-refractivity contribution < 1.29 is 0 Å². The Bertz CT molecular complexity index is 465. The van der Waals surface area contributed by atoms with Gasteiger partial charge in [0, 0.05) is 24.4 Å². The molecule has 0 spiro atoms. The van der Waals surface area contributed by atoms with Gasteiger partial charge in [-0.05, 0) is 36.6 Å². The van der Waals surface area contributed by atoms with Gasteiger partial charge in [-0.25, -0.2) is 0 Å². The zero-order valence-electron chi connectivity index (χ0n) is 10.1. The van der Waals surface area contributed by atoms with E-state index in [4.69, 9.17) is 5.73 Å². The minimum absolute atomic E-state index is 0.303. The van der Waals surface area contributed by atoms with Crippen LogP contribution in [0.4, 0.5) is 0 Å². The van der Waals surface area contributed by atoms with E-state index < -0.39 is 0 Å². The van der Waals surface area contributed by atoms with Crippen LogP contribution in [0.3, 0.4) is 0 Å². The third-order valence-electron chi connectivity index (χ3n) is 3.12. The topological polar surface area (TPSA) is 38.9 Å². The van der Waals surface area contributed by atoms with Gasteiger partial charge in [-0.2, -0.15) is 0 Å². The van der Waals surface area contributed by atoms with Gasteiger partial charge in [0.25, 0.3) is 0 Å². The molecular formula is C15H18N2. The Kier molecular flexibility index (Phi) is 3.89. The zero-order valence-corrected chi connectivity index (χ0v) is 10.1. The summed E-state index contributed by atoms with van der Waals surface area (Å²) in [5, 5.41) is 0. The molecule has 17 heavy (non-hydrogen) atoms. The molecule has 0 aliphatic carbocycles. The highest BCUT2D eigenvalue weighted by Gasteiger charge is 2.12. The van der Waals surface area contributed by atoms with Gasteiger partial charge in [-0.3, -0.25) is 4.98 Å². The van der Waals surface area contributed by atoms with E-state index in [-0.39, 0.29) is 0 Å². The van der Waals surface area contributed by atoms with E-state index in [1.165, 1.54) is 11.1 Å². The smallest absolute Gasteiger partial charge is 0.0450 e. The van der Waals surface area contributed by atoms with Gasteiger partial charge in [0.05, 0.1) is 0 Å². The van der Waals surface area contributed by atoms with E-state index in [2.05, 4.69) is 42.2 Å². The predicted octanol–water partition coefficient (Wildman–Crippen LogP) is 2.68. The number of aromatic nitrogens is 1. The molecule has 0 aliphatic heterocycles. The molecular weight excluding hydrogens is 208 g/mol. The second kappa shape index (κ2) is 5.60. The van der Waals surface area contributed by atoms with Gasteiger partial charge < -0.3 is 5.73 Å². The quantitative estimate of drug-likeness (QED) is 0.870. The summed E-state index contributed by atoms with van der Waals surface area (Å²) in [5.74, 6) is 0.303. The molecule has 1 atom stereocenters. The summed E-state index contributed by atoms with van der Waals surface area (Å²) < 4.78 is 0. The molecule has 1 aromatic carbocycles. The molecule has 2 N–H and O–H groups in total. The Morgan fingerprint density at radius 1 is 1.12 bits per heavy atom. The minimum atomic E-state index is 0.303. The third-order valence-corrected chi connectivity index (χ3v) is 3.12. The van der Waals surface area contributed by atoms with Crippen molar-refractivity contribution in [1.82, 2.24) is 4.98 Å². The van der Waals surface area contributed by atoms with Crippen molar-refractivity contribution >= 4 is 0 Å². The van der Waals surface area contributed by atoms with Crippen molar-refractivity contribution in [3.63, 3.8) is 0 Å². The maximum Gasteiger partial charge on any atom is 0.0450 e. The fourth-order valence-electron chi connectivity index (χ4n) is 2.03. The van der Waals surface area contributed by atoms with Gasteiger partial charge >= 0.3 is 0 Å². The molecule has 1 aromatic heterocycles. The van der Waals surface area contributed by atoms with E-state index in [0.717, 1.165) is 12.1 Å². The largest absolute Gasteiger partial charge is 0.330 e. The molecule has 2 heteroatoms. The monoisotopic (exact) mass is 226 g/mol. The Labute approximate surface area is 103 Å². The molecule has 0 saturated carbocycles. The molecule has 0 bridgehead atoms. The van der Waals surface area contributed by atoms with Crippen molar-refractivity contribution in [3.05, 3.63) is 65.5 Å². The first-order chi connectivity index (χ1) is 8.31. The average molecular weight is 226 g/mol. The Morgan fingerprint density at radius 2 is 1.88 bits per heavy atom. The highest BCUT2D eigenvalue weighted by atomic mass is 14.7. The molecule has 0 amide bonds. The second-order valence-corrected chi connectivity index (χ2v) is 4.32. The molecule has 1 heterocycles. The maximum atomic E-state index is 5.86. The molecule has 2 aromatic rings. The lowest BCUT2D eigenvalue weighted by atomic mass is 9.93. The number of rotatable bonds is 4. The zero-order chi connectivity index (χ0) is 12.1. The lowest BCUT2D eigenvalue weighted by Crippen LogP contribution is -2.16. The minimum Gasteiger partial charge on any atom is -0.330 e. The summed E-state index contributed by atoms with van der Waals surface area (Å²) in [6.45, 7) is 2.77. The van der Waals surface area contributed by atoms with E-state index >= 15 is 0 Å². The van der Waals surface area contributed by atoms with Crippen LogP contribution in [0.1, 0.15) is 22.7 Å². The maximum absolute atomic E-state index is 5.86. The number of benzene rings is 1. The van der Waals surface area contributed by atoms with Crippen LogP contribution in [-0.4, -0.2) is 11.5 Å². The van der Waals surface area contributed by atoms with Gasteiger partial charge in [0.2, 0.25) is 0 Å². The van der Waals surface area contributed by atoms with Gasteiger partial charge in [0.15, 0.2) is 0 Å². The summed E-state index contributed by atoms with van der Waals surface area (Å²) in [7, 11) is 0. The normalized spacial score (nSPS) is 12.4. The van der Waals surface area contributed by atoms with Gasteiger partial charge in [-0.15, -0.1) is 0 Å². The Hall–Kier alpha value is -1.67. The van der Waals surface area contributed by atoms with Crippen LogP contribution in [0.15, 0.2) is 48.7 Å². The van der Waals surface area contributed by atoms with Crippen LogP contribution >= 0.6 is 0 Å². The van der Waals surface area contributed by atoms with Crippen LogP contribution in [-0.2, 0) is 6.42 Å². The number of aryl methyl sites for hydroxylation is 1. The molecule has 0 fully saturated rings. The summed E-state index contributed by atoms with van der Waals surface area (Å²) in [6.07, 6.45) is 2.79. The lowest BCUT2D eigenvalue weighted by Gasteiger charge is -2.15. The number of nitrogens with two attached hydrogens (primary N) is 1.